The van der Waals surface area contributed by atoms with Crippen molar-refractivity contribution in [2.45, 2.75) is 39.7 Å². The molecule has 0 saturated heterocycles. The van der Waals surface area contributed by atoms with Crippen molar-refractivity contribution in [2.24, 2.45) is 0 Å². The highest BCUT2D eigenvalue weighted by Gasteiger charge is 2.25. The lowest BCUT2D eigenvalue weighted by atomic mass is 9.95. The van der Waals surface area contributed by atoms with Gasteiger partial charge >= 0.3 is 6.16 Å². The highest BCUT2D eigenvalue weighted by Crippen LogP contribution is 2.41. The molecule has 3 aromatic carbocycles. The maximum atomic E-state index is 12.1. The normalized spacial score (nSPS) is 11.2. The summed E-state index contributed by atoms with van der Waals surface area (Å²) >= 11 is 0. The van der Waals surface area contributed by atoms with Crippen molar-refractivity contribution in [1.29, 1.82) is 0 Å². The molecule has 3 aromatic heterocycles. The van der Waals surface area contributed by atoms with E-state index in [-0.39, 0.29) is 0 Å². The lowest BCUT2D eigenvalue weighted by Crippen LogP contribution is -2.11. The van der Waals surface area contributed by atoms with Crippen LogP contribution < -0.4 is 9.47 Å². The summed E-state index contributed by atoms with van der Waals surface area (Å²) in [6.07, 6.45) is 5.99. The van der Waals surface area contributed by atoms with Crippen molar-refractivity contribution in [2.75, 3.05) is 6.61 Å². The Kier molecular flexibility index (Phi) is 8.05. The number of benzene rings is 3. The number of para-hydroxylation sites is 1. The molecule has 0 spiro atoms. The Morgan fingerprint density at radius 1 is 0.907 bits per heavy atom. The molecule has 0 aliphatic carbocycles. The first-order chi connectivity index (χ1) is 21.0. The molecule has 0 fully saturated rings. The molecule has 6 rings (SSSR count). The van der Waals surface area contributed by atoms with E-state index in [2.05, 4.69) is 54.1 Å². The Balaban J connectivity index is 1.44. The number of carboxylic acid groups (broad SMARTS) is 1. The second kappa shape index (κ2) is 12.4. The predicted molar refractivity (Wildman–Crippen MR) is 169 cm³/mol. The molecule has 0 aliphatic heterocycles. The molecule has 0 unspecified atom stereocenters. The van der Waals surface area contributed by atoms with Crippen LogP contribution in [-0.2, 0) is 19.4 Å². The van der Waals surface area contributed by atoms with Crippen LogP contribution in [0.3, 0.4) is 0 Å². The second-order valence-corrected chi connectivity index (χ2v) is 10.5. The molecule has 1 N–H and O–H groups in total. The molecule has 0 atom stereocenters. The molecule has 7 nitrogen and oxygen atoms in total. The minimum atomic E-state index is -1.35. The lowest BCUT2D eigenvalue weighted by molar-refractivity contribution is 0.140. The summed E-state index contributed by atoms with van der Waals surface area (Å²) in [5, 5.41) is 13.0. The molecule has 0 saturated carbocycles. The van der Waals surface area contributed by atoms with Crippen LogP contribution in [0.2, 0.25) is 0 Å². The first-order valence-electron chi connectivity index (χ1n) is 14.5. The van der Waals surface area contributed by atoms with Gasteiger partial charge in [-0.1, -0.05) is 61.5 Å². The molecule has 0 aliphatic rings. The predicted octanol–water partition coefficient (Wildman–Crippen LogP) is 8.24. The molecule has 216 valence electrons. The number of pyridine rings is 2. The third kappa shape index (κ3) is 5.66. The number of rotatable bonds is 10. The molecular formula is C36H33N3O4. The number of aromatic nitrogens is 3. The van der Waals surface area contributed by atoms with E-state index in [1.165, 1.54) is 0 Å². The SMILES string of the molecule is CCc1nccc(C)c1-c1cccc2c(CCCOc3cccc4ccccc34)c(OC(=O)O)n(Cc3ccncc3)c12. The summed E-state index contributed by atoms with van der Waals surface area (Å²) in [4.78, 5) is 20.9. The van der Waals surface area contributed by atoms with E-state index in [1.54, 1.807) is 12.4 Å². The van der Waals surface area contributed by atoms with Gasteiger partial charge in [-0.3, -0.25) is 9.97 Å². The first-order valence-corrected chi connectivity index (χ1v) is 14.5. The number of nitrogens with zero attached hydrogens (tertiary/aromatic N) is 3. The molecule has 0 bridgehead atoms. The Bertz CT molecular complexity index is 1910. The first kappa shape index (κ1) is 28.0. The number of carbonyl (C=O) groups is 1. The third-order valence-electron chi connectivity index (χ3n) is 7.83. The summed E-state index contributed by atoms with van der Waals surface area (Å²) in [5.74, 6) is 1.16. The number of aryl methyl sites for hydroxylation is 3. The summed E-state index contributed by atoms with van der Waals surface area (Å²) in [6.45, 7) is 5.08. The molecule has 3 heterocycles. The van der Waals surface area contributed by atoms with Gasteiger partial charge in [0.1, 0.15) is 5.75 Å². The van der Waals surface area contributed by atoms with Gasteiger partial charge in [0.15, 0.2) is 0 Å². The van der Waals surface area contributed by atoms with E-state index in [0.29, 0.717) is 31.9 Å². The van der Waals surface area contributed by atoms with E-state index < -0.39 is 6.16 Å². The average Bonchev–Trinajstić information content (AvgIpc) is 3.31. The van der Waals surface area contributed by atoms with Crippen LogP contribution in [0.1, 0.15) is 35.7 Å². The van der Waals surface area contributed by atoms with Crippen molar-refractivity contribution in [3.63, 3.8) is 0 Å². The van der Waals surface area contributed by atoms with E-state index in [0.717, 1.165) is 67.4 Å². The van der Waals surface area contributed by atoms with Gasteiger partial charge in [0.25, 0.3) is 0 Å². The lowest BCUT2D eigenvalue weighted by Gasteiger charge is -2.16. The van der Waals surface area contributed by atoms with Gasteiger partial charge in [0.05, 0.1) is 18.7 Å². The van der Waals surface area contributed by atoms with Gasteiger partial charge in [-0.05, 0) is 67.0 Å². The largest absolute Gasteiger partial charge is 0.512 e. The minimum absolute atomic E-state index is 0.330. The van der Waals surface area contributed by atoms with Gasteiger partial charge in [0.2, 0.25) is 5.88 Å². The zero-order valence-corrected chi connectivity index (χ0v) is 24.3. The standard InChI is InChI=1S/C36H33N3O4/c1-3-31-33(24(2)16-21-38-31)30-13-7-12-28-29(14-8-22-42-32-15-6-10-26-9-4-5-11-27(26)32)35(43-36(40)41)39(34(28)30)23-25-17-19-37-20-18-25/h4-7,9-13,15-21H,3,8,14,22-23H2,1-2H3,(H,40,41). The van der Waals surface area contributed by atoms with E-state index >= 15 is 0 Å². The maximum absolute atomic E-state index is 12.1. The average molecular weight is 572 g/mol. The summed E-state index contributed by atoms with van der Waals surface area (Å²) in [7, 11) is 0. The quantitative estimate of drug-likeness (QED) is 0.132. The number of hydrogen-bond donors (Lipinski definition) is 1. The van der Waals surface area contributed by atoms with Gasteiger partial charge in [0, 0.05) is 51.7 Å². The van der Waals surface area contributed by atoms with Crippen molar-refractivity contribution in [1.82, 2.24) is 14.5 Å². The Morgan fingerprint density at radius 3 is 2.49 bits per heavy atom. The molecule has 7 heteroatoms. The Hall–Kier alpha value is -5.17. The van der Waals surface area contributed by atoms with Gasteiger partial charge in [-0.2, -0.15) is 0 Å². The van der Waals surface area contributed by atoms with Crippen molar-refractivity contribution >= 4 is 27.8 Å². The summed E-state index contributed by atoms with van der Waals surface area (Å²) in [6, 6.07) is 26.3. The van der Waals surface area contributed by atoms with Crippen LogP contribution in [0, 0.1) is 6.92 Å². The number of hydrogen-bond acceptors (Lipinski definition) is 5. The van der Waals surface area contributed by atoms with Gasteiger partial charge in [-0.15, -0.1) is 0 Å². The fourth-order valence-electron chi connectivity index (χ4n) is 5.92. The third-order valence-corrected chi connectivity index (χ3v) is 7.83. The van der Waals surface area contributed by atoms with Crippen LogP contribution in [0.5, 0.6) is 11.6 Å². The van der Waals surface area contributed by atoms with Crippen molar-refractivity contribution in [3.05, 3.63) is 120 Å². The molecular weight excluding hydrogens is 538 g/mol. The number of fused-ring (bicyclic) bond motifs is 2. The van der Waals surface area contributed by atoms with E-state index in [9.17, 15) is 9.90 Å². The molecule has 43 heavy (non-hydrogen) atoms. The fraction of sp³-hybridized carbons (Fsp3) is 0.194. The summed E-state index contributed by atoms with van der Waals surface area (Å²) < 4.78 is 13.8. The van der Waals surface area contributed by atoms with Gasteiger partial charge in [-0.25, -0.2) is 4.79 Å². The second-order valence-electron chi connectivity index (χ2n) is 10.5. The Morgan fingerprint density at radius 2 is 1.67 bits per heavy atom. The zero-order valence-electron chi connectivity index (χ0n) is 24.3. The summed E-state index contributed by atoms with van der Waals surface area (Å²) in [5.41, 5.74) is 6.93. The van der Waals surface area contributed by atoms with Gasteiger partial charge < -0.3 is 19.1 Å². The van der Waals surface area contributed by atoms with Crippen LogP contribution in [0.4, 0.5) is 4.79 Å². The van der Waals surface area contributed by atoms with E-state index in [1.807, 2.05) is 59.3 Å². The fourth-order valence-corrected chi connectivity index (χ4v) is 5.92. The van der Waals surface area contributed by atoms with Crippen LogP contribution in [0.25, 0.3) is 32.8 Å². The van der Waals surface area contributed by atoms with Crippen molar-refractivity contribution in [3.8, 4) is 22.8 Å². The highest BCUT2D eigenvalue weighted by atomic mass is 16.7. The monoisotopic (exact) mass is 571 g/mol. The topological polar surface area (TPSA) is 86.5 Å². The van der Waals surface area contributed by atoms with Crippen LogP contribution >= 0.6 is 0 Å². The highest BCUT2D eigenvalue weighted by molar-refractivity contribution is 6.00. The number of ether oxygens (including phenoxy) is 2. The van der Waals surface area contributed by atoms with Crippen molar-refractivity contribution < 1.29 is 19.4 Å². The molecule has 6 aromatic rings. The van der Waals surface area contributed by atoms with E-state index in [4.69, 9.17) is 9.47 Å². The smallest absolute Gasteiger partial charge is 0.493 e. The molecule has 0 radical (unpaired) electrons. The van der Waals surface area contributed by atoms with Crippen LogP contribution in [0.15, 0.2) is 97.5 Å². The zero-order chi connectivity index (χ0) is 29.8. The maximum Gasteiger partial charge on any atom is 0.512 e. The van der Waals surface area contributed by atoms with Crippen LogP contribution in [-0.4, -0.2) is 32.4 Å². The minimum Gasteiger partial charge on any atom is -0.493 e. The Labute approximate surface area is 250 Å². The molecule has 0 amide bonds.